The highest BCUT2D eigenvalue weighted by Gasteiger charge is 2.24. The van der Waals surface area contributed by atoms with Gasteiger partial charge in [-0.25, -0.2) is 13.3 Å². The quantitative estimate of drug-likeness (QED) is 0.330. The Morgan fingerprint density at radius 3 is 2.28 bits per heavy atom. The minimum absolute atomic E-state index is 0.0578. The second-order valence-electron chi connectivity index (χ2n) is 7.00. The number of ketones is 1. The van der Waals surface area contributed by atoms with E-state index in [4.69, 9.17) is 11.3 Å². The number of carbonyl (C=O) groups is 1. The number of hydrogen-bond donors (Lipinski definition) is 0. The minimum atomic E-state index is -3.86. The van der Waals surface area contributed by atoms with Crippen molar-refractivity contribution in [2.75, 3.05) is 17.5 Å². The first-order valence-corrected chi connectivity index (χ1v) is 11.7. The molecule has 0 heterocycles. The van der Waals surface area contributed by atoms with E-state index in [9.17, 15) is 13.2 Å². The summed E-state index contributed by atoms with van der Waals surface area (Å²) in [7, 11) is -3.86. The molecule has 0 amide bonds. The lowest BCUT2D eigenvalue weighted by Gasteiger charge is -2.23. The van der Waals surface area contributed by atoms with Crippen LogP contribution in [-0.4, -0.2) is 27.4 Å². The molecule has 0 spiro atoms. The van der Waals surface area contributed by atoms with Gasteiger partial charge in [-0.3, -0.25) is 9.10 Å². The average Bonchev–Trinajstić information content (AvgIpc) is 2.81. The van der Waals surface area contributed by atoms with Crippen LogP contribution in [0, 0.1) is 6.57 Å². The van der Waals surface area contributed by atoms with Crippen molar-refractivity contribution in [3.63, 3.8) is 0 Å². The smallest absolute Gasteiger partial charge is 0.264 e. The van der Waals surface area contributed by atoms with E-state index in [1.165, 1.54) is 16.4 Å². The molecule has 0 aromatic heterocycles. The van der Waals surface area contributed by atoms with Crippen LogP contribution in [0.4, 0.5) is 11.4 Å². The Labute approximate surface area is 188 Å². The van der Waals surface area contributed by atoms with Gasteiger partial charge in [-0.1, -0.05) is 36.4 Å². The summed E-state index contributed by atoms with van der Waals surface area (Å²) in [6, 6.07) is 19.8. The number of rotatable bonds is 9. The molecular formula is C25H24N2O4S. The van der Waals surface area contributed by atoms with Gasteiger partial charge in [0.15, 0.2) is 11.5 Å². The monoisotopic (exact) mass is 448 g/mol. The molecule has 0 atom stereocenters. The first-order valence-electron chi connectivity index (χ1n) is 10.2. The molecular weight excluding hydrogens is 424 g/mol. The van der Waals surface area contributed by atoms with Gasteiger partial charge in [0.25, 0.3) is 10.0 Å². The molecule has 164 valence electrons. The zero-order valence-corrected chi connectivity index (χ0v) is 18.8. The highest BCUT2D eigenvalue weighted by Crippen LogP contribution is 2.26. The maximum atomic E-state index is 13.3. The van der Waals surface area contributed by atoms with E-state index < -0.39 is 10.0 Å². The number of nitrogens with zero attached hydrogens (tertiary/aromatic N) is 2. The molecule has 0 aliphatic rings. The molecule has 0 bridgehead atoms. The van der Waals surface area contributed by atoms with Crippen LogP contribution in [0.5, 0.6) is 5.75 Å². The molecule has 0 aliphatic heterocycles. The summed E-state index contributed by atoms with van der Waals surface area (Å²) in [5.74, 6) is 0.475. The van der Waals surface area contributed by atoms with E-state index in [-0.39, 0.29) is 23.6 Å². The first-order chi connectivity index (χ1) is 15.4. The number of hydrogen-bond acceptors (Lipinski definition) is 4. The summed E-state index contributed by atoms with van der Waals surface area (Å²) < 4.78 is 33.4. The van der Waals surface area contributed by atoms with E-state index in [1.807, 2.05) is 6.92 Å². The Morgan fingerprint density at radius 1 is 1.00 bits per heavy atom. The van der Waals surface area contributed by atoms with Crippen molar-refractivity contribution in [3.8, 4) is 5.75 Å². The van der Waals surface area contributed by atoms with Crippen molar-refractivity contribution in [3.05, 3.63) is 95.3 Å². The van der Waals surface area contributed by atoms with Crippen LogP contribution in [-0.2, 0) is 16.4 Å². The molecule has 0 N–H and O–H groups in total. The molecule has 0 saturated carbocycles. The van der Waals surface area contributed by atoms with Crippen LogP contribution in [0.3, 0.4) is 0 Å². The molecule has 0 radical (unpaired) electrons. The number of benzene rings is 3. The molecule has 7 heteroatoms. The first kappa shape index (κ1) is 23.0. The van der Waals surface area contributed by atoms with E-state index in [0.29, 0.717) is 29.3 Å². The van der Waals surface area contributed by atoms with Crippen LogP contribution in [0.25, 0.3) is 4.85 Å². The van der Waals surface area contributed by atoms with Crippen LogP contribution < -0.4 is 9.04 Å². The lowest BCUT2D eigenvalue weighted by molar-refractivity contribution is 0.0992. The summed E-state index contributed by atoms with van der Waals surface area (Å²) in [5.41, 5.74) is 2.11. The van der Waals surface area contributed by atoms with Crippen molar-refractivity contribution >= 4 is 27.2 Å². The topological polar surface area (TPSA) is 68.0 Å². The zero-order valence-electron chi connectivity index (χ0n) is 18.0. The Kier molecular flexibility index (Phi) is 7.29. The number of carbonyl (C=O) groups excluding carboxylic acids is 1. The molecule has 0 unspecified atom stereocenters. The van der Waals surface area contributed by atoms with E-state index >= 15 is 0 Å². The Bertz CT molecular complexity index is 1230. The molecule has 32 heavy (non-hydrogen) atoms. The zero-order chi connectivity index (χ0) is 23.1. The van der Waals surface area contributed by atoms with Gasteiger partial charge in [-0.05, 0) is 55.8 Å². The molecule has 0 aliphatic carbocycles. The van der Waals surface area contributed by atoms with Crippen molar-refractivity contribution < 1.29 is 17.9 Å². The second kappa shape index (κ2) is 10.1. The van der Waals surface area contributed by atoms with Gasteiger partial charge >= 0.3 is 0 Å². The molecule has 0 fully saturated rings. The standard InChI is InChI=1S/C25H24N2O4S/c1-4-27(22-13-15-23(16-14-22)31-5-2)32(29,30)24-8-6-7-20(18-24)25(28)17-19-9-11-21(26-3)12-10-19/h6-16,18H,4-5,17H2,1-2H3. The van der Waals surface area contributed by atoms with Gasteiger partial charge in [0.05, 0.1) is 23.8 Å². The van der Waals surface area contributed by atoms with Crippen LogP contribution in [0.15, 0.2) is 77.7 Å². The third kappa shape index (κ3) is 5.16. The van der Waals surface area contributed by atoms with Crippen molar-refractivity contribution in [1.82, 2.24) is 0 Å². The van der Waals surface area contributed by atoms with Gasteiger partial charge in [0.1, 0.15) is 5.75 Å². The Morgan fingerprint density at radius 2 is 1.69 bits per heavy atom. The van der Waals surface area contributed by atoms with Crippen molar-refractivity contribution in [2.24, 2.45) is 0 Å². The van der Waals surface area contributed by atoms with Gasteiger partial charge in [0.2, 0.25) is 0 Å². The Balaban J connectivity index is 1.85. The highest BCUT2D eigenvalue weighted by molar-refractivity contribution is 7.92. The summed E-state index contributed by atoms with van der Waals surface area (Å²) in [4.78, 5) is 16.2. The van der Waals surface area contributed by atoms with Gasteiger partial charge in [-0.15, -0.1) is 0 Å². The minimum Gasteiger partial charge on any atom is -0.494 e. The molecule has 0 saturated heterocycles. The van der Waals surface area contributed by atoms with Gasteiger partial charge in [-0.2, -0.15) is 0 Å². The maximum Gasteiger partial charge on any atom is 0.264 e. The maximum absolute atomic E-state index is 13.3. The second-order valence-corrected chi connectivity index (χ2v) is 8.87. The fraction of sp³-hybridized carbons (Fsp3) is 0.200. The van der Waals surface area contributed by atoms with Crippen LogP contribution in [0.2, 0.25) is 0 Å². The normalized spacial score (nSPS) is 10.9. The fourth-order valence-corrected chi connectivity index (χ4v) is 4.82. The lowest BCUT2D eigenvalue weighted by atomic mass is 10.0. The lowest BCUT2D eigenvalue weighted by Crippen LogP contribution is -2.30. The van der Waals surface area contributed by atoms with E-state index in [1.54, 1.807) is 67.6 Å². The third-order valence-electron chi connectivity index (χ3n) is 4.90. The van der Waals surface area contributed by atoms with Gasteiger partial charge in [0, 0.05) is 18.5 Å². The predicted octanol–water partition coefficient (Wildman–Crippen LogP) is 5.28. The molecule has 6 nitrogen and oxygen atoms in total. The van der Waals surface area contributed by atoms with Crippen LogP contribution >= 0.6 is 0 Å². The van der Waals surface area contributed by atoms with E-state index in [0.717, 1.165) is 5.56 Å². The fourth-order valence-electron chi connectivity index (χ4n) is 3.30. The summed E-state index contributed by atoms with van der Waals surface area (Å²) >= 11 is 0. The SMILES string of the molecule is [C-]#[N+]c1ccc(CC(=O)c2cccc(S(=O)(=O)N(CC)c3ccc(OCC)cc3)c2)cc1. The number of anilines is 1. The van der Waals surface area contributed by atoms with Crippen LogP contribution in [0.1, 0.15) is 29.8 Å². The summed E-state index contributed by atoms with van der Waals surface area (Å²) in [6.07, 6.45) is 0.123. The largest absolute Gasteiger partial charge is 0.494 e. The average molecular weight is 449 g/mol. The molecule has 3 aromatic carbocycles. The summed E-state index contributed by atoms with van der Waals surface area (Å²) in [6.45, 7) is 11.4. The van der Waals surface area contributed by atoms with Gasteiger partial charge < -0.3 is 4.74 Å². The van der Waals surface area contributed by atoms with E-state index in [2.05, 4.69) is 4.85 Å². The molecule has 3 aromatic rings. The molecule has 3 rings (SSSR count). The summed E-state index contributed by atoms with van der Waals surface area (Å²) in [5, 5.41) is 0. The third-order valence-corrected chi connectivity index (χ3v) is 6.80. The van der Waals surface area contributed by atoms with Crippen molar-refractivity contribution in [1.29, 1.82) is 0 Å². The number of ether oxygens (including phenoxy) is 1. The predicted molar refractivity (Wildman–Crippen MR) is 125 cm³/mol. The number of Topliss-reactive ketones (excluding diaryl/α,β-unsaturated/α-hetero) is 1. The number of sulfonamides is 1. The Hall–Kier alpha value is -3.63. The van der Waals surface area contributed by atoms with Crippen molar-refractivity contribution in [2.45, 2.75) is 25.2 Å². The highest BCUT2D eigenvalue weighted by atomic mass is 32.2.